The smallest absolute Gasteiger partial charge is 0.267 e. The molecule has 0 saturated heterocycles. The van der Waals surface area contributed by atoms with Gasteiger partial charge in [0.15, 0.2) is 0 Å². The van der Waals surface area contributed by atoms with E-state index in [-0.39, 0.29) is 27.9 Å². The molecular weight excluding hydrogens is 564 g/mol. The largest absolute Gasteiger partial charge is 0.382 e. The molecule has 2 amide bonds. The molecule has 4 heterocycles. The Labute approximate surface area is 251 Å². The Bertz CT molecular complexity index is 1960. The van der Waals surface area contributed by atoms with Crippen LogP contribution in [0.1, 0.15) is 57.3 Å². The van der Waals surface area contributed by atoms with Crippen LogP contribution in [0.4, 0.5) is 10.7 Å². The van der Waals surface area contributed by atoms with Gasteiger partial charge in [0.1, 0.15) is 21.8 Å². The number of nitrogens with zero attached hydrogens (tertiary/aromatic N) is 3. The van der Waals surface area contributed by atoms with E-state index >= 15 is 0 Å². The molecule has 11 heteroatoms. The number of rotatable bonds is 9. The van der Waals surface area contributed by atoms with Crippen LogP contribution in [0.25, 0.3) is 16.7 Å². The van der Waals surface area contributed by atoms with Crippen LogP contribution in [0.15, 0.2) is 65.6 Å². The number of ether oxygens (including phenoxy) is 1. The molecule has 0 unspecified atom stereocenters. The Balaban J connectivity index is 1.42. The lowest BCUT2D eigenvalue weighted by atomic mass is 9.95. The van der Waals surface area contributed by atoms with Crippen LogP contribution in [0, 0.1) is 5.41 Å². The molecule has 0 saturated carbocycles. The SMILES string of the molecule is CCOCCCn1c(=N)c(C(=O)Nc2sc3c(c2C(=O)Nc2ccccc2)CCCC3)cc2c(=O)n3ccccc3nc21. The third-order valence-electron chi connectivity index (χ3n) is 7.59. The fraction of sp³-hybridized carbons (Fsp3) is 0.281. The van der Waals surface area contributed by atoms with E-state index in [1.54, 1.807) is 29.0 Å². The second-order valence-electron chi connectivity index (χ2n) is 10.4. The van der Waals surface area contributed by atoms with Gasteiger partial charge in [-0.2, -0.15) is 0 Å². The van der Waals surface area contributed by atoms with Gasteiger partial charge in [-0.15, -0.1) is 11.3 Å². The fourth-order valence-corrected chi connectivity index (χ4v) is 6.81. The highest BCUT2D eigenvalue weighted by Gasteiger charge is 2.27. The number of carbonyl (C=O) groups is 2. The molecule has 1 aromatic carbocycles. The first-order chi connectivity index (χ1) is 21.0. The maximum Gasteiger partial charge on any atom is 0.267 e. The zero-order valence-corrected chi connectivity index (χ0v) is 24.6. The van der Waals surface area contributed by atoms with Crippen molar-refractivity contribution in [3.8, 4) is 0 Å². The van der Waals surface area contributed by atoms with Crippen molar-refractivity contribution in [1.29, 1.82) is 5.41 Å². The summed E-state index contributed by atoms with van der Waals surface area (Å²) in [5.74, 6) is -0.846. The van der Waals surface area contributed by atoms with Crippen molar-refractivity contribution in [1.82, 2.24) is 14.0 Å². The minimum atomic E-state index is -0.560. The normalized spacial score (nSPS) is 12.8. The zero-order valence-electron chi connectivity index (χ0n) is 23.8. The molecule has 6 rings (SSSR count). The van der Waals surface area contributed by atoms with Crippen molar-refractivity contribution in [3.05, 3.63) is 98.2 Å². The minimum absolute atomic E-state index is 0.0273. The number of benzene rings is 1. The molecule has 0 spiro atoms. The number of carbonyl (C=O) groups excluding carboxylic acids is 2. The molecule has 1 aliphatic rings. The van der Waals surface area contributed by atoms with Crippen molar-refractivity contribution in [3.63, 3.8) is 0 Å². The second kappa shape index (κ2) is 12.3. The summed E-state index contributed by atoms with van der Waals surface area (Å²) in [6, 6.07) is 15.9. The molecular formula is C32H32N6O4S. The lowest BCUT2D eigenvalue weighted by Crippen LogP contribution is -2.32. The lowest BCUT2D eigenvalue weighted by molar-refractivity contribution is 0.102. The number of hydrogen-bond acceptors (Lipinski definition) is 7. The van der Waals surface area contributed by atoms with Crippen LogP contribution < -0.4 is 21.7 Å². The van der Waals surface area contributed by atoms with Crippen LogP contribution in [0.3, 0.4) is 0 Å². The van der Waals surface area contributed by atoms with Crippen LogP contribution in [0.2, 0.25) is 0 Å². The number of fused-ring (bicyclic) bond motifs is 3. The van der Waals surface area contributed by atoms with Crippen LogP contribution in [0.5, 0.6) is 0 Å². The monoisotopic (exact) mass is 596 g/mol. The highest BCUT2D eigenvalue weighted by Crippen LogP contribution is 2.38. The summed E-state index contributed by atoms with van der Waals surface area (Å²) >= 11 is 1.41. The van der Waals surface area contributed by atoms with Gasteiger partial charge in [-0.1, -0.05) is 24.3 Å². The van der Waals surface area contributed by atoms with Gasteiger partial charge in [0.25, 0.3) is 17.4 Å². The van der Waals surface area contributed by atoms with E-state index in [9.17, 15) is 14.4 Å². The Morgan fingerprint density at radius 3 is 2.65 bits per heavy atom. The Kier molecular flexibility index (Phi) is 8.17. The number of anilines is 2. The Morgan fingerprint density at radius 1 is 1.05 bits per heavy atom. The standard InChI is InChI=1S/C32H32N6O4S/c1-2-42-18-10-17-38-27(33)22(19-23-28(38)35-25-15-8-9-16-37(25)32(23)41)29(39)36-31-26(21-13-6-7-14-24(21)43-31)30(40)34-20-11-4-3-5-12-20/h3-5,8-9,11-12,15-16,19,33H,2,6-7,10,13-14,17-18H2,1H3,(H,34,40)(H,36,39). The molecule has 0 aliphatic heterocycles. The quantitative estimate of drug-likeness (QED) is 0.163. The van der Waals surface area contributed by atoms with Crippen LogP contribution in [-0.4, -0.2) is 39.0 Å². The predicted octanol–water partition coefficient (Wildman–Crippen LogP) is 5.00. The number of nitrogens with one attached hydrogen (secondary N) is 3. The molecule has 5 aromatic rings. The summed E-state index contributed by atoms with van der Waals surface area (Å²) < 4.78 is 8.52. The number of thiophene rings is 1. The van der Waals surface area contributed by atoms with Gasteiger partial charge in [0, 0.05) is 36.5 Å². The van der Waals surface area contributed by atoms with Gasteiger partial charge in [0.05, 0.1) is 16.5 Å². The zero-order chi connectivity index (χ0) is 29.9. The fourth-order valence-electron chi connectivity index (χ4n) is 5.53. The van der Waals surface area contributed by atoms with Crippen molar-refractivity contribution >= 4 is 50.5 Å². The summed E-state index contributed by atoms with van der Waals surface area (Å²) in [4.78, 5) is 46.8. The van der Waals surface area contributed by atoms with Gasteiger partial charge < -0.3 is 19.9 Å². The first-order valence-electron chi connectivity index (χ1n) is 14.5. The first-order valence-corrected chi connectivity index (χ1v) is 15.3. The van der Waals surface area contributed by atoms with E-state index in [1.165, 1.54) is 21.8 Å². The van der Waals surface area contributed by atoms with Crippen molar-refractivity contribution < 1.29 is 14.3 Å². The lowest BCUT2D eigenvalue weighted by Gasteiger charge is -2.15. The summed E-state index contributed by atoms with van der Waals surface area (Å²) in [6.07, 6.45) is 5.80. The van der Waals surface area contributed by atoms with Gasteiger partial charge in [-0.25, -0.2) is 4.98 Å². The maximum absolute atomic E-state index is 13.9. The summed E-state index contributed by atoms with van der Waals surface area (Å²) in [6.45, 7) is 3.28. The first kappa shape index (κ1) is 28.5. The Hall–Kier alpha value is -4.61. The molecule has 0 radical (unpaired) electrons. The number of amides is 2. The number of pyridine rings is 2. The van der Waals surface area contributed by atoms with Crippen molar-refractivity contribution in [2.45, 2.75) is 45.6 Å². The molecule has 4 aromatic heterocycles. The second-order valence-corrected chi connectivity index (χ2v) is 11.5. The van der Waals surface area contributed by atoms with E-state index < -0.39 is 5.91 Å². The number of hydrogen-bond donors (Lipinski definition) is 3. The Morgan fingerprint density at radius 2 is 1.84 bits per heavy atom. The predicted molar refractivity (Wildman–Crippen MR) is 167 cm³/mol. The average Bonchev–Trinajstić information content (AvgIpc) is 3.38. The third kappa shape index (κ3) is 5.61. The minimum Gasteiger partial charge on any atom is -0.382 e. The number of aromatic nitrogens is 3. The summed E-state index contributed by atoms with van der Waals surface area (Å²) in [7, 11) is 0. The van der Waals surface area contributed by atoms with E-state index in [1.807, 2.05) is 37.3 Å². The molecule has 0 fully saturated rings. The topological polar surface area (TPSA) is 131 Å². The molecule has 220 valence electrons. The highest BCUT2D eigenvalue weighted by molar-refractivity contribution is 7.17. The van der Waals surface area contributed by atoms with E-state index in [0.29, 0.717) is 53.7 Å². The van der Waals surface area contributed by atoms with Gasteiger partial charge in [-0.3, -0.25) is 24.2 Å². The van der Waals surface area contributed by atoms with E-state index in [0.717, 1.165) is 36.1 Å². The van der Waals surface area contributed by atoms with E-state index in [4.69, 9.17) is 10.1 Å². The van der Waals surface area contributed by atoms with Gasteiger partial charge in [-0.05, 0) is 74.9 Å². The summed E-state index contributed by atoms with van der Waals surface area (Å²) in [5.41, 5.74) is 2.51. The van der Waals surface area contributed by atoms with Gasteiger partial charge in [0.2, 0.25) is 0 Å². The number of para-hydroxylation sites is 1. The molecule has 0 atom stereocenters. The molecule has 0 bridgehead atoms. The van der Waals surface area contributed by atoms with Crippen molar-refractivity contribution in [2.24, 2.45) is 0 Å². The average molecular weight is 597 g/mol. The third-order valence-corrected chi connectivity index (χ3v) is 8.80. The maximum atomic E-state index is 13.9. The van der Waals surface area contributed by atoms with Crippen molar-refractivity contribution in [2.75, 3.05) is 23.8 Å². The van der Waals surface area contributed by atoms with Crippen LogP contribution in [-0.2, 0) is 24.1 Å². The molecule has 10 nitrogen and oxygen atoms in total. The van der Waals surface area contributed by atoms with E-state index in [2.05, 4.69) is 15.6 Å². The van der Waals surface area contributed by atoms with Crippen LogP contribution >= 0.6 is 11.3 Å². The molecule has 43 heavy (non-hydrogen) atoms. The number of aryl methyl sites for hydroxylation is 2. The summed E-state index contributed by atoms with van der Waals surface area (Å²) in [5, 5.41) is 15.6. The molecule has 1 aliphatic carbocycles. The molecule has 3 N–H and O–H groups in total. The van der Waals surface area contributed by atoms with Gasteiger partial charge >= 0.3 is 0 Å². The highest BCUT2D eigenvalue weighted by atomic mass is 32.1.